The summed E-state index contributed by atoms with van der Waals surface area (Å²) in [6.07, 6.45) is 0. The molecule has 30 heavy (non-hydrogen) atoms. The van der Waals surface area contributed by atoms with Crippen LogP contribution in [-0.2, 0) is 14.8 Å². The first-order valence-corrected chi connectivity index (χ1v) is 10.9. The number of methoxy groups -OCH3 is 3. The molecule has 8 nitrogen and oxygen atoms in total. The van der Waals surface area contributed by atoms with Crippen molar-refractivity contribution in [2.24, 2.45) is 0 Å². The molecule has 0 bridgehead atoms. The monoisotopic (exact) mass is 436 g/mol. The van der Waals surface area contributed by atoms with Crippen LogP contribution in [0.15, 0.2) is 47.4 Å². The lowest BCUT2D eigenvalue weighted by atomic mass is 10.3. The highest BCUT2D eigenvalue weighted by atomic mass is 32.2. The number of anilines is 1. The Morgan fingerprint density at radius 2 is 1.47 bits per heavy atom. The summed E-state index contributed by atoms with van der Waals surface area (Å²) >= 11 is 0. The molecule has 0 unspecified atom stereocenters. The standard InChI is InChI=1S/C21H28N2O6S/c1-6-22(7-2)21(24)15-23(16-8-10-17(27-3)11-9-16)30(25,26)18-12-13-19(28-4)20(14-18)29-5/h8-14H,6-7,15H2,1-5H3. The first-order valence-electron chi connectivity index (χ1n) is 9.48. The van der Waals surface area contributed by atoms with E-state index >= 15 is 0 Å². The molecule has 1 amide bonds. The molecule has 0 spiro atoms. The number of amides is 1. The van der Waals surface area contributed by atoms with Crippen molar-refractivity contribution in [2.45, 2.75) is 18.7 Å². The molecule has 0 aliphatic rings. The quantitative estimate of drug-likeness (QED) is 0.569. The van der Waals surface area contributed by atoms with Gasteiger partial charge in [0, 0.05) is 19.2 Å². The van der Waals surface area contributed by atoms with E-state index in [1.54, 1.807) is 29.2 Å². The molecule has 0 aromatic heterocycles. The molecular weight excluding hydrogens is 408 g/mol. The molecule has 9 heteroatoms. The van der Waals surface area contributed by atoms with Crippen molar-refractivity contribution >= 4 is 21.6 Å². The minimum atomic E-state index is -4.07. The molecule has 0 aliphatic carbocycles. The van der Waals surface area contributed by atoms with Gasteiger partial charge < -0.3 is 19.1 Å². The first kappa shape index (κ1) is 23.3. The smallest absolute Gasteiger partial charge is 0.264 e. The van der Waals surface area contributed by atoms with Gasteiger partial charge in [0.05, 0.1) is 31.9 Å². The maximum absolute atomic E-state index is 13.5. The second-order valence-electron chi connectivity index (χ2n) is 6.29. The number of hydrogen-bond donors (Lipinski definition) is 0. The molecular formula is C21H28N2O6S. The van der Waals surface area contributed by atoms with Crippen molar-refractivity contribution in [3.63, 3.8) is 0 Å². The van der Waals surface area contributed by atoms with Crippen LogP contribution in [0.2, 0.25) is 0 Å². The lowest BCUT2D eigenvalue weighted by Gasteiger charge is -2.27. The van der Waals surface area contributed by atoms with Crippen LogP contribution in [0.25, 0.3) is 0 Å². The van der Waals surface area contributed by atoms with Gasteiger partial charge in [0.15, 0.2) is 11.5 Å². The van der Waals surface area contributed by atoms with Crippen LogP contribution in [0.3, 0.4) is 0 Å². The van der Waals surface area contributed by atoms with Gasteiger partial charge in [0.25, 0.3) is 10.0 Å². The molecule has 0 aliphatic heterocycles. The minimum absolute atomic E-state index is 0.0108. The van der Waals surface area contributed by atoms with Crippen molar-refractivity contribution in [3.8, 4) is 17.2 Å². The fourth-order valence-electron chi connectivity index (χ4n) is 2.97. The van der Waals surface area contributed by atoms with E-state index in [1.807, 2.05) is 13.8 Å². The summed E-state index contributed by atoms with van der Waals surface area (Å²) in [5, 5.41) is 0. The lowest BCUT2D eigenvalue weighted by Crippen LogP contribution is -2.43. The molecule has 0 atom stereocenters. The zero-order chi connectivity index (χ0) is 22.3. The van der Waals surface area contributed by atoms with E-state index in [0.29, 0.717) is 30.3 Å². The van der Waals surface area contributed by atoms with E-state index in [4.69, 9.17) is 14.2 Å². The Kier molecular flexibility index (Phi) is 7.93. The maximum Gasteiger partial charge on any atom is 0.264 e. The predicted octanol–water partition coefficient (Wildman–Crippen LogP) is 2.78. The summed E-state index contributed by atoms with van der Waals surface area (Å²) < 4.78 is 43.7. The molecule has 2 aromatic carbocycles. The van der Waals surface area contributed by atoms with Gasteiger partial charge in [-0.3, -0.25) is 9.10 Å². The summed E-state index contributed by atoms with van der Waals surface area (Å²) in [6.45, 7) is 4.35. The molecule has 0 fully saturated rings. The number of rotatable bonds is 10. The number of carbonyl (C=O) groups excluding carboxylic acids is 1. The highest BCUT2D eigenvalue weighted by Gasteiger charge is 2.29. The van der Waals surface area contributed by atoms with Crippen LogP contribution >= 0.6 is 0 Å². The molecule has 0 radical (unpaired) electrons. The lowest BCUT2D eigenvalue weighted by molar-refractivity contribution is -0.129. The van der Waals surface area contributed by atoms with Crippen molar-refractivity contribution in [1.82, 2.24) is 4.90 Å². The summed E-state index contributed by atoms with van der Waals surface area (Å²) in [4.78, 5) is 14.3. The summed E-state index contributed by atoms with van der Waals surface area (Å²) in [5.41, 5.74) is 0.353. The first-order chi connectivity index (χ1) is 14.3. The topological polar surface area (TPSA) is 85.4 Å². The van der Waals surface area contributed by atoms with Crippen LogP contribution in [0.5, 0.6) is 17.2 Å². The summed E-state index contributed by atoms with van der Waals surface area (Å²) in [6, 6.07) is 10.8. The third-order valence-corrected chi connectivity index (χ3v) is 6.47. The van der Waals surface area contributed by atoms with Crippen molar-refractivity contribution in [3.05, 3.63) is 42.5 Å². The van der Waals surface area contributed by atoms with Crippen molar-refractivity contribution in [2.75, 3.05) is 45.3 Å². The zero-order valence-corrected chi connectivity index (χ0v) is 18.7. The van der Waals surface area contributed by atoms with E-state index in [2.05, 4.69) is 0 Å². The number of carbonyl (C=O) groups is 1. The number of sulfonamides is 1. The van der Waals surface area contributed by atoms with Gasteiger partial charge in [-0.1, -0.05) is 0 Å². The summed E-state index contributed by atoms with van der Waals surface area (Å²) in [7, 11) is 0.359. The number of benzene rings is 2. The number of ether oxygens (including phenoxy) is 3. The van der Waals surface area contributed by atoms with Gasteiger partial charge in [0.2, 0.25) is 5.91 Å². The predicted molar refractivity (Wildman–Crippen MR) is 115 cm³/mol. The Morgan fingerprint density at radius 3 is 1.97 bits per heavy atom. The Hall–Kier alpha value is -2.94. The third-order valence-electron chi connectivity index (χ3n) is 4.70. The average molecular weight is 437 g/mol. The van der Waals surface area contributed by atoms with Gasteiger partial charge in [-0.05, 0) is 50.2 Å². The third kappa shape index (κ3) is 4.96. The summed E-state index contributed by atoms with van der Waals surface area (Å²) in [5.74, 6) is 0.979. The molecule has 2 aromatic rings. The number of likely N-dealkylation sites (N-methyl/N-ethyl adjacent to an activating group) is 1. The molecule has 0 saturated heterocycles. The Bertz CT molecular complexity index is 956. The second-order valence-corrected chi connectivity index (χ2v) is 8.15. The van der Waals surface area contributed by atoms with Crippen molar-refractivity contribution < 1.29 is 27.4 Å². The molecule has 2 rings (SSSR count). The largest absolute Gasteiger partial charge is 0.497 e. The Balaban J connectivity index is 2.54. The van der Waals surface area contributed by atoms with E-state index in [0.717, 1.165) is 4.31 Å². The average Bonchev–Trinajstić information content (AvgIpc) is 2.77. The number of hydrogen-bond acceptors (Lipinski definition) is 6. The highest BCUT2D eigenvalue weighted by Crippen LogP contribution is 2.32. The highest BCUT2D eigenvalue weighted by molar-refractivity contribution is 7.92. The van der Waals surface area contributed by atoms with Gasteiger partial charge in [-0.25, -0.2) is 8.42 Å². The van der Waals surface area contributed by atoms with E-state index in [-0.39, 0.29) is 23.1 Å². The van der Waals surface area contributed by atoms with E-state index in [1.165, 1.54) is 39.5 Å². The van der Waals surface area contributed by atoms with Gasteiger partial charge >= 0.3 is 0 Å². The molecule has 0 saturated carbocycles. The van der Waals surface area contributed by atoms with Crippen LogP contribution in [0.1, 0.15) is 13.8 Å². The van der Waals surface area contributed by atoms with E-state index in [9.17, 15) is 13.2 Å². The Morgan fingerprint density at radius 1 is 0.867 bits per heavy atom. The van der Waals surface area contributed by atoms with Gasteiger partial charge in [-0.2, -0.15) is 0 Å². The van der Waals surface area contributed by atoms with Crippen LogP contribution in [-0.4, -0.2) is 60.2 Å². The van der Waals surface area contributed by atoms with Crippen LogP contribution in [0.4, 0.5) is 5.69 Å². The molecule has 0 heterocycles. The fraction of sp³-hybridized carbons (Fsp3) is 0.381. The molecule has 0 N–H and O–H groups in total. The second kappa shape index (κ2) is 10.2. The van der Waals surface area contributed by atoms with E-state index < -0.39 is 10.0 Å². The van der Waals surface area contributed by atoms with Crippen molar-refractivity contribution in [1.29, 1.82) is 0 Å². The van der Waals surface area contributed by atoms with Crippen LogP contribution < -0.4 is 18.5 Å². The fourth-order valence-corrected chi connectivity index (χ4v) is 4.40. The Labute approximate surface area is 178 Å². The minimum Gasteiger partial charge on any atom is -0.497 e. The number of nitrogens with zero attached hydrogens (tertiary/aromatic N) is 2. The van der Waals surface area contributed by atoms with Gasteiger partial charge in [0.1, 0.15) is 12.3 Å². The van der Waals surface area contributed by atoms with Gasteiger partial charge in [-0.15, -0.1) is 0 Å². The SMILES string of the molecule is CCN(CC)C(=O)CN(c1ccc(OC)cc1)S(=O)(=O)c1ccc(OC)c(OC)c1. The normalized spacial score (nSPS) is 11.0. The maximum atomic E-state index is 13.5. The molecule has 164 valence electrons. The zero-order valence-electron chi connectivity index (χ0n) is 17.9. The van der Waals surface area contributed by atoms with Crippen LogP contribution in [0, 0.1) is 0 Å².